The van der Waals surface area contributed by atoms with Crippen molar-refractivity contribution in [1.29, 1.82) is 0 Å². The van der Waals surface area contributed by atoms with Crippen LogP contribution in [0.3, 0.4) is 0 Å². The normalized spacial score (nSPS) is 10.9. The van der Waals surface area contributed by atoms with Gasteiger partial charge in [-0.2, -0.15) is 0 Å². The Kier molecular flexibility index (Phi) is 3.25. The molecule has 1 heterocycles. The van der Waals surface area contributed by atoms with Gasteiger partial charge in [0.05, 0.1) is 0 Å². The number of H-pyrrole nitrogens is 1. The molecule has 14 heavy (non-hydrogen) atoms. The molecule has 0 saturated carbocycles. The van der Waals surface area contributed by atoms with Gasteiger partial charge in [0.2, 0.25) is 0 Å². The number of fused-ring (bicyclic) bond motifs is 1. The van der Waals surface area contributed by atoms with E-state index in [0.29, 0.717) is 0 Å². The van der Waals surface area contributed by atoms with Gasteiger partial charge in [-0.05, 0) is 48.4 Å². The number of aromatic amines is 1. The van der Waals surface area contributed by atoms with Crippen molar-refractivity contribution in [2.75, 3.05) is 5.33 Å². The van der Waals surface area contributed by atoms with E-state index in [1.807, 2.05) is 6.20 Å². The summed E-state index contributed by atoms with van der Waals surface area (Å²) in [5.74, 6) is 0. The van der Waals surface area contributed by atoms with Gasteiger partial charge in [0.15, 0.2) is 0 Å². The highest BCUT2D eigenvalue weighted by molar-refractivity contribution is 9.09. The SMILES string of the molecule is BrCCCCc1ccc2[nH]ccc2c1. The number of aromatic nitrogens is 1. The highest BCUT2D eigenvalue weighted by atomic mass is 79.9. The molecular weight excluding hydrogens is 238 g/mol. The van der Waals surface area contributed by atoms with E-state index in [0.717, 1.165) is 5.33 Å². The maximum Gasteiger partial charge on any atom is 0.0454 e. The molecule has 1 aromatic heterocycles. The quantitative estimate of drug-likeness (QED) is 0.627. The van der Waals surface area contributed by atoms with Crippen LogP contribution in [-0.2, 0) is 6.42 Å². The summed E-state index contributed by atoms with van der Waals surface area (Å²) >= 11 is 3.45. The molecule has 0 unspecified atom stereocenters. The summed E-state index contributed by atoms with van der Waals surface area (Å²) in [7, 11) is 0. The van der Waals surface area contributed by atoms with Gasteiger partial charge in [-0.1, -0.05) is 22.0 Å². The molecule has 2 heteroatoms. The lowest BCUT2D eigenvalue weighted by Crippen LogP contribution is -1.85. The number of benzene rings is 1. The standard InChI is InChI=1S/C12H14BrN/c13-7-2-1-3-10-4-5-12-11(9-10)6-8-14-12/h4-6,8-9,14H,1-3,7H2. The molecule has 0 amide bonds. The zero-order valence-corrected chi connectivity index (χ0v) is 9.68. The van der Waals surface area contributed by atoms with Crippen LogP contribution in [0.25, 0.3) is 10.9 Å². The van der Waals surface area contributed by atoms with E-state index in [2.05, 4.69) is 45.2 Å². The van der Waals surface area contributed by atoms with E-state index in [1.165, 1.54) is 35.7 Å². The van der Waals surface area contributed by atoms with Crippen LogP contribution in [0, 0.1) is 0 Å². The van der Waals surface area contributed by atoms with Crippen molar-refractivity contribution >= 4 is 26.8 Å². The number of halogens is 1. The Morgan fingerprint density at radius 2 is 2.07 bits per heavy atom. The number of hydrogen-bond donors (Lipinski definition) is 1. The second kappa shape index (κ2) is 4.65. The van der Waals surface area contributed by atoms with Gasteiger partial charge < -0.3 is 4.98 Å². The maximum atomic E-state index is 3.45. The minimum Gasteiger partial charge on any atom is -0.361 e. The van der Waals surface area contributed by atoms with Gasteiger partial charge >= 0.3 is 0 Å². The van der Waals surface area contributed by atoms with Crippen molar-refractivity contribution in [1.82, 2.24) is 4.98 Å². The van der Waals surface area contributed by atoms with E-state index in [-0.39, 0.29) is 0 Å². The van der Waals surface area contributed by atoms with Crippen molar-refractivity contribution in [2.45, 2.75) is 19.3 Å². The third-order valence-electron chi connectivity index (χ3n) is 2.47. The number of unbranched alkanes of at least 4 members (excludes halogenated alkanes) is 1. The second-order valence-corrected chi connectivity index (χ2v) is 4.34. The molecule has 0 atom stereocenters. The van der Waals surface area contributed by atoms with Gasteiger partial charge in [0.25, 0.3) is 0 Å². The Morgan fingerprint density at radius 1 is 1.14 bits per heavy atom. The first kappa shape index (κ1) is 9.78. The number of aryl methyl sites for hydroxylation is 1. The zero-order chi connectivity index (χ0) is 9.80. The molecule has 0 aliphatic rings. The van der Waals surface area contributed by atoms with E-state index in [4.69, 9.17) is 0 Å². The summed E-state index contributed by atoms with van der Waals surface area (Å²) in [6, 6.07) is 8.79. The van der Waals surface area contributed by atoms with Gasteiger partial charge in [-0.25, -0.2) is 0 Å². The third-order valence-corrected chi connectivity index (χ3v) is 3.03. The molecular formula is C12H14BrN. The Balaban J connectivity index is 2.10. The Morgan fingerprint density at radius 3 is 2.93 bits per heavy atom. The van der Waals surface area contributed by atoms with Crippen molar-refractivity contribution in [2.24, 2.45) is 0 Å². The van der Waals surface area contributed by atoms with Gasteiger partial charge in [-0.15, -0.1) is 0 Å². The third kappa shape index (κ3) is 2.18. The van der Waals surface area contributed by atoms with E-state index < -0.39 is 0 Å². The first-order chi connectivity index (χ1) is 6.90. The van der Waals surface area contributed by atoms with Crippen LogP contribution in [0.4, 0.5) is 0 Å². The van der Waals surface area contributed by atoms with Gasteiger partial charge in [0, 0.05) is 17.0 Å². The number of rotatable bonds is 4. The lowest BCUT2D eigenvalue weighted by atomic mass is 10.1. The maximum absolute atomic E-state index is 3.45. The van der Waals surface area contributed by atoms with Crippen LogP contribution in [0.1, 0.15) is 18.4 Å². The summed E-state index contributed by atoms with van der Waals surface area (Å²) in [5.41, 5.74) is 2.67. The molecule has 0 radical (unpaired) electrons. The van der Waals surface area contributed by atoms with E-state index in [1.54, 1.807) is 0 Å². The van der Waals surface area contributed by atoms with Crippen LogP contribution < -0.4 is 0 Å². The number of hydrogen-bond acceptors (Lipinski definition) is 0. The van der Waals surface area contributed by atoms with Crippen LogP contribution in [-0.4, -0.2) is 10.3 Å². The van der Waals surface area contributed by atoms with Crippen molar-refractivity contribution in [3.63, 3.8) is 0 Å². The van der Waals surface area contributed by atoms with E-state index in [9.17, 15) is 0 Å². The Hall–Kier alpha value is -0.760. The van der Waals surface area contributed by atoms with Crippen LogP contribution in [0.2, 0.25) is 0 Å². The smallest absolute Gasteiger partial charge is 0.0454 e. The largest absolute Gasteiger partial charge is 0.361 e. The summed E-state index contributed by atoms with van der Waals surface area (Å²) in [5, 5.41) is 2.43. The lowest BCUT2D eigenvalue weighted by molar-refractivity contribution is 0.807. The average Bonchev–Trinajstić information content (AvgIpc) is 2.65. The minimum absolute atomic E-state index is 1.11. The lowest BCUT2D eigenvalue weighted by Gasteiger charge is -2.00. The van der Waals surface area contributed by atoms with Gasteiger partial charge in [0.1, 0.15) is 0 Å². The molecule has 0 aliphatic heterocycles. The molecule has 0 aliphatic carbocycles. The first-order valence-corrected chi connectivity index (χ1v) is 6.14. The monoisotopic (exact) mass is 251 g/mol. The van der Waals surface area contributed by atoms with Crippen molar-refractivity contribution in [3.8, 4) is 0 Å². The number of nitrogens with one attached hydrogen (secondary N) is 1. The topological polar surface area (TPSA) is 15.8 Å². The molecule has 74 valence electrons. The van der Waals surface area contributed by atoms with Crippen LogP contribution in [0.5, 0.6) is 0 Å². The Bertz CT molecular complexity index is 405. The molecule has 0 fully saturated rings. The van der Waals surface area contributed by atoms with Crippen LogP contribution >= 0.6 is 15.9 Å². The van der Waals surface area contributed by atoms with Crippen LogP contribution in [0.15, 0.2) is 30.5 Å². The zero-order valence-electron chi connectivity index (χ0n) is 8.09. The second-order valence-electron chi connectivity index (χ2n) is 3.55. The molecule has 0 bridgehead atoms. The average molecular weight is 252 g/mol. The van der Waals surface area contributed by atoms with Crippen molar-refractivity contribution in [3.05, 3.63) is 36.0 Å². The highest BCUT2D eigenvalue weighted by Gasteiger charge is 1.96. The molecule has 1 nitrogen and oxygen atoms in total. The van der Waals surface area contributed by atoms with Crippen molar-refractivity contribution < 1.29 is 0 Å². The predicted octanol–water partition coefficient (Wildman–Crippen LogP) is 3.89. The van der Waals surface area contributed by atoms with E-state index >= 15 is 0 Å². The number of alkyl halides is 1. The fraction of sp³-hybridized carbons (Fsp3) is 0.333. The molecule has 2 aromatic rings. The molecule has 1 aromatic carbocycles. The highest BCUT2D eigenvalue weighted by Crippen LogP contribution is 2.15. The molecule has 0 saturated heterocycles. The summed E-state index contributed by atoms with van der Waals surface area (Å²) in [6.07, 6.45) is 5.70. The first-order valence-electron chi connectivity index (χ1n) is 5.02. The fourth-order valence-corrected chi connectivity index (χ4v) is 2.08. The summed E-state index contributed by atoms with van der Waals surface area (Å²) in [6.45, 7) is 0. The summed E-state index contributed by atoms with van der Waals surface area (Å²) < 4.78 is 0. The predicted molar refractivity (Wildman–Crippen MR) is 65.0 cm³/mol. The van der Waals surface area contributed by atoms with Gasteiger partial charge in [-0.3, -0.25) is 0 Å². The molecule has 0 spiro atoms. The summed E-state index contributed by atoms with van der Waals surface area (Å²) in [4.78, 5) is 3.21. The minimum atomic E-state index is 1.11. The molecule has 2 rings (SSSR count). The molecule has 1 N–H and O–H groups in total. The fourth-order valence-electron chi connectivity index (χ4n) is 1.68. The Labute approximate surface area is 92.6 Å².